The normalized spacial score (nSPS) is 20.0. The van der Waals surface area contributed by atoms with Gasteiger partial charge >= 0.3 is 0 Å². The fourth-order valence-corrected chi connectivity index (χ4v) is 2.29. The van der Waals surface area contributed by atoms with Gasteiger partial charge in [-0.2, -0.15) is 0 Å². The minimum Gasteiger partial charge on any atom is -0.481 e. The van der Waals surface area contributed by atoms with Crippen LogP contribution in [0.1, 0.15) is 13.3 Å². The van der Waals surface area contributed by atoms with Crippen molar-refractivity contribution < 1.29 is 18.3 Å². The van der Waals surface area contributed by atoms with Crippen molar-refractivity contribution in [2.24, 2.45) is 11.7 Å². The topological polar surface area (TPSA) is 55.6 Å². The van der Waals surface area contributed by atoms with Crippen LogP contribution in [0.15, 0.2) is 18.2 Å². The van der Waals surface area contributed by atoms with Crippen molar-refractivity contribution in [2.75, 3.05) is 19.6 Å². The number of halogens is 2. The molecule has 0 saturated carbocycles. The van der Waals surface area contributed by atoms with Gasteiger partial charge in [0.25, 0.3) is 5.91 Å². The number of hydrogen-bond donors (Lipinski definition) is 1. The fourth-order valence-electron chi connectivity index (χ4n) is 2.29. The summed E-state index contributed by atoms with van der Waals surface area (Å²) >= 11 is 0. The summed E-state index contributed by atoms with van der Waals surface area (Å²) in [6.45, 7) is 3.44. The number of hydrogen-bond acceptors (Lipinski definition) is 3. The molecule has 0 aliphatic carbocycles. The van der Waals surface area contributed by atoms with Gasteiger partial charge in [-0.15, -0.1) is 0 Å². The Hall–Kier alpha value is -1.69. The Kier molecular flexibility index (Phi) is 4.54. The van der Waals surface area contributed by atoms with E-state index in [9.17, 15) is 13.6 Å². The predicted octanol–water partition coefficient (Wildman–Crippen LogP) is 1.54. The molecule has 1 aliphatic heterocycles. The third-order valence-corrected chi connectivity index (χ3v) is 3.48. The van der Waals surface area contributed by atoms with E-state index in [1.54, 1.807) is 11.8 Å². The van der Waals surface area contributed by atoms with Crippen LogP contribution in [-0.4, -0.2) is 36.5 Å². The second-order valence-electron chi connectivity index (χ2n) is 5.01. The minimum atomic E-state index is -0.994. The first-order chi connectivity index (χ1) is 9.51. The first-order valence-electron chi connectivity index (χ1n) is 6.62. The summed E-state index contributed by atoms with van der Waals surface area (Å²) in [4.78, 5) is 13.9. The van der Waals surface area contributed by atoms with Gasteiger partial charge in [0.15, 0.2) is 17.7 Å². The number of amides is 1. The van der Waals surface area contributed by atoms with E-state index >= 15 is 0 Å². The van der Waals surface area contributed by atoms with Gasteiger partial charge < -0.3 is 15.4 Å². The lowest BCUT2D eigenvalue weighted by atomic mass is 10.1. The van der Waals surface area contributed by atoms with E-state index in [1.165, 1.54) is 6.07 Å². The van der Waals surface area contributed by atoms with Crippen molar-refractivity contribution >= 4 is 5.91 Å². The molecule has 1 amide bonds. The van der Waals surface area contributed by atoms with Crippen LogP contribution in [0.5, 0.6) is 5.75 Å². The molecule has 2 rings (SSSR count). The van der Waals surface area contributed by atoms with Gasteiger partial charge in [0.05, 0.1) is 0 Å². The number of carbonyl (C=O) groups excluding carboxylic acids is 1. The minimum absolute atomic E-state index is 0.138. The second kappa shape index (κ2) is 6.17. The van der Waals surface area contributed by atoms with Crippen LogP contribution in [0, 0.1) is 17.6 Å². The zero-order chi connectivity index (χ0) is 14.7. The number of benzene rings is 1. The Morgan fingerprint density at radius 3 is 2.85 bits per heavy atom. The lowest BCUT2D eigenvalue weighted by molar-refractivity contribution is -0.137. The molecule has 0 spiro atoms. The SMILES string of the molecule is C[C@H](Oc1ccc(F)c(F)c1)C(=O)N1CC[C@@H](CN)C1. The molecular weight excluding hydrogens is 266 g/mol. The van der Waals surface area contributed by atoms with Crippen molar-refractivity contribution in [1.29, 1.82) is 0 Å². The largest absolute Gasteiger partial charge is 0.481 e. The number of nitrogens with zero attached hydrogens (tertiary/aromatic N) is 1. The maximum atomic E-state index is 13.1. The maximum absolute atomic E-state index is 13.1. The highest BCUT2D eigenvalue weighted by Crippen LogP contribution is 2.20. The molecule has 1 aliphatic rings. The quantitative estimate of drug-likeness (QED) is 0.912. The van der Waals surface area contributed by atoms with Crippen LogP contribution < -0.4 is 10.5 Å². The molecule has 0 unspecified atom stereocenters. The Morgan fingerprint density at radius 2 is 2.25 bits per heavy atom. The standard InChI is InChI=1S/C14H18F2N2O2/c1-9(14(19)18-5-4-10(7-17)8-18)20-11-2-3-12(15)13(16)6-11/h2-3,6,9-10H,4-5,7-8,17H2,1H3/t9-,10-/m0/s1. The zero-order valence-electron chi connectivity index (χ0n) is 11.3. The number of carbonyl (C=O) groups is 1. The lowest BCUT2D eigenvalue weighted by Crippen LogP contribution is -2.39. The van der Waals surface area contributed by atoms with E-state index in [2.05, 4.69) is 0 Å². The van der Waals surface area contributed by atoms with Crippen molar-refractivity contribution in [3.8, 4) is 5.75 Å². The van der Waals surface area contributed by atoms with Crippen LogP contribution >= 0.6 is 0 Å². The van der Waals surface area contributed by atoms with Crippen molar-refractivity contribution in [1.82, 2.24) is 4.90 Å². The molecule has 2 atom stereocenters. The Bertz CT molecular complexity index is 496. The van der Waals surface area contributed by atoms with Gasteiger partial charge in [0.1, 0.15) is 5.75 Å². The van der Waals surface area contributed by atoms with Crippen LogP contribution in [0.3, 0.4) is 0 Å². The third kappa shape index (κ3) is 3.25. The highest BCUT2D eigenvalue weighted by atomic mass is 19.2. The summed E-state index contributed by atoms with van der Waals surface area (Å²) in [5.74, 6) is -1.63. The van der Waals surface area contributed by atoms with Crippen LogP contribution in [-0.2, 0) is 4.79 Å². The van der Waals surface area contributed by atoms with Gasteiger partial charge in [0, 0.05) is 19.2 Å². The molecule has 0 radical (unpaired) electrons. The van der Waals surface area contributed by atoms with Gasteiger partial charge in [-0.25, -0.2) is 8.78 Å². The zero-order valence-corrected chi connectivity index (χ0v) is 11.3. The summed E-state index contributed by atoms with van der Waals surface area (Å²) in [6, 6.07) is 3.21. The third-order valence-electron chi connectivity index (χ3n) is 3.48. The van der Waals surface area contributed by atoms with E-state index < -0.39 is 17.7 Å². The summed E-state index contributed by atoms with van der Waals surface area (Å²) in [7, 11) is 0. The monoisotopic (exact) mass is 284 g/mol. The summed E-state index contributed by atoms with van der Waals surface area (Å²) < 4.78 is 31.2. The molecule has 1 heterocycles. The lowest BCUT2D eigenvalue weighted by Gasteiger charge is -2.21. The van der Waals surface area contributed by atoms with Crippen LogP contribution in [0.4, 0.5) is 8.78 Å². The number of likely N-dealkylation sites (tertiary alicyclic amines) is 1. The maximum Gasteiger partial charge on any atom is 0.263 e. The van der Waals surface area contributed by atoms with E-state index in [0.717, 1.165) is 18.6 Å². The number of ether oxygens (including phenoxy) is 1. The summed E-state index contributed by atoms with van der Waals surface area (Å²) in [5, 5.41) is 0. The van der Waals surface area contributed by atoms with E-state index in [-0.39, 0.29) is 11.7 Å². The highest BCUT2D eigenvalue weighted by molar-refractivity contribution is 5.81. The van der Waals surface area contributed by atoms with E-state index in [1.807, 2.05) is 0 Å². The van der Waals surface area contributed by atoms with Gasteiger partial charge in [-0.1, -0.05) is 0 Å². The molecule has 1 aromatic carbocycles. The molecule has 6 heteroatoms. The second-order valence-corrected chi connectivity index (χ2v) is 5.01. The molecule has 1 saturated heterocycles. The predicted molar refractivity (Wildman–Crippen MR) is 70.2 cm³/mol. The molecule has 4 nitrogen and oxygen atoms in total. The van der Waals surface area contributed by atoms with Crippen LogP contribution in [0.2, 0.25) is 0 Å². The van der Waals surface area contributed by atoms with Gasteiger partial charge in [0.2, 0.25) is 0 Å². The van der Waals surface area contributed by atoms with Gasteiger partial charge in [-0.05, 0) is 37.9 Å². The summed E-state index contributed by atoms with van der Waals surface area (Å²) in [5.41, 5.74) is 5.58. The molecular formula is C14H18F2N2O2. The van der Waals surface area contributed by atoms with Crippen molar-refractivity contribution in [3.05, 3.63) is 29.8 Å². The van der Waals surface area contributed by atoms with E-state index in [4.69, 9.17) is 10.5 Å². The van der Waals surface area contributed by atoms with Crippen molar-refractivity contribution in [3.63, 3.8) is 0 Å². The first kappa shape index (κ1) is 14.7. The van der Waals surface area contributed by atoms with Crippen molar-refractivity contribution in [2.45, 2.75) is 19.4 Å². The van der Waals surface area contributed by atoms with Gasteiger partial charge in [-0.3, -0.25) is 4.79 Å². The fraction of sp³-hybridized carbons (Fsp3) is 0.500. The smallest absolute Gasteiger partial charge is 0.263 e. The molecule has 20 heavy (non-hydrogen) atoms. The molecule has 0 bridgehead atoms. The molecule has 2 N–H and O–H groups in total. The average molecular weight is 284 g/mol. The molecule has 1 fully saturated rings. The number of nitrogens with two attached hydrogens (primary N) is 1. The summed E-state index contributed by atoms with van der Waals surface area (Å²) in [6.07, 6.45) is 0.150. The average Bonchev–Trinajstić information content (AvgIpc) is 2.91. The Labute approximate surface area is 116 Å². The highest BCUT2D eigenvalue weighted by Gasteiger charge is 2.29. The molecule has 1 aromatic rings. The van der Waals surface area contributed by atoms with Crippen LogP contribution in [0.25, 0.3) is 0 Å². The number of rotatable bonds is 4. The first-order valence-corrected chi connectivity index (χ1v) is 6.62. The molecule has 110 valence electrons. The Balaban J connectivity index is 1.95. The Morgan fingerprint density at radius 1 is 1.50 bits per heavy atom. The van der Waals surface area contributed by atoms with E-state index in [0.29, 0.717) is 25.6 Å². The molecule has 0 aromatic heterocycles.